The summed E-state index contributed by atoms with van der Waals surface area (Å²) in [5, 5.41) is 17.0. The summed E-state index contributed by atoms with van der Waals surface area (Å²) in [7, 11) is 0. The van der Waals surface area contributed by atoms with Crippen LogP contribution < -0.4 is 15.4 Å². The number of aliphatic imine (C=N–C) groups is 1. The SMILES string of the molecule is CCNC(=NCc1cccc(Cl)c1)NCc1ccc(O)c(OCC)c1. The maximum absolute atomic E-state index is 9.77. The number of nitrogens with one attached hydrogen (secondary N) is 2. The number of nitrogens with zero attached hydrogens (tertiary/aromatic N) is 1. The first-order chi connectivity index (χ1) is 12.1. The number of hydrogen-bond acceptors (Lipinski definition) is 3. The molecule has 0 aliphatic heterocycles. The quantitative estimate of drug-likeness (QED) is 0.519. The van der Waals surface area contributed by atoms with Crippen molar-refractivity contribution < 1.29 is 9.84 Å². The Morgan fingerprint density at radius 2 is 1.96 bits per heavy atom. The lowest BCUT2D eigenvalue weighted by Gasteiger charge is -2.13. The van der Waals surface area contributed by atoms with Crippen LogP contribution in [0.3, 0.4) is 0 Å². The van der Waals surface area contributed by atoms with Crippen LogP contribution in [-0.2, 0) is 13.1 Å². The van der Waals surface area contributed by atoms with Gasteiger partial charge in [0.1, 0.15) is 0 Å². The highest BCUT2D eigenvalue weighted by atomic mass is 35.5. The summed E-state index contributed by atoms with van der Waals surface area (Å²) in [4.78, 5) is 4.57. The van der Waals surface area contributed by atoms with Gasteiger partial charge in [-0.2, -0.15) is 0 Å². The van der Waals surface area contributed by atoms with Crippen LogP contribution in [0.1, 0.15) is 25.0 Å². The lowest BCUT2D eigenvalue weighted by molar-refractivity contribution is 0.317. The molecule has 0 aliphatic carbocycles. The van der Waals surface area contributed by atoms with Gasteiger partial charge in [-0.15, -0.1) is 0 Å². The Bertz CT molecular complexity index is 720. The predicted molar refractivity (Wildman–Crippen MR) is 102 cm³/mol. The van der Waals surface area contributed by atoms with Crippen molar-refractivity contribution in [2.75, 3.05) is 13.2 Å². The van der Waals surface area contributed by atoms with E-state index < -0.39 is 0 Å². The third-order valence-electron chi connectivity index (χ3n) is 3.44. The van der Waals surface area contributed by atoms with Crippen LogP contribution in [0.15, 0.2) is 47.5 Å². The molecule has 6 heteroatoms. The van der Waals surface area contributed by atoms with Gasteiger partial charge < -0.3 is 20.5 Å². The maximum Gasteiger partial charge on any atom is 0.191 e. The number of aromatic hydroxyl groups is 1. The molecule has 3 N–H and O–H groups in total. The largest absolute Gasteiger partial charge is 0.504 e. The first-order valence-electron chi connectivity index (χ1n) is 8.33. The number of guanidine groups is 1. The Morgan fingerprint density at radius 1 is 1.12 bits per heavy atom. The summed E-state index contributed by atoms with van der Waals surface area (Å²) < 4.78 is 5.41. The Kier molecular flexibility index (Phi) is 7.41. The third kappa shape index (κ3) is 6.19. The lowest BCUT2D eigenvalue weighted by atomic mass is 10.2. The Hall–Kier alpha value is -2.40. The topological polar surface area (TPSA) is 65.9 Å². The van der Waals surface area contributed by atoms with E-state index in [2.05, 4.69) is 15.6 Å². The summed E-state index contributed by atoms with van der Waals surface area (Å²) >= 11 is 6.00. The third-order valence-corrected chi connectivity index (χ3v) is 3.67. The summed E-state index contributed by atoms with van der Waals surface area (Å²) in [6.45, 7) is 6.28. The molecular formula is C19H24ClN3O2. The molecule has 5 nitrogen and oxygen atoms in total. The van der Waals surface area contributed by atoms with E-state index >= 15 is 0 Å². The molecular weight excluding hydrogens is 338 g/mol. The smallest absolute Gasteiger partial charge is 0.191 e. The van der Waals surface area contributed by atoms with Crippen LogP contribution in [0.4, 0.5) is 0 Å². The minimum Gasteiger partial charge on any atom is -0.504 e. The van der Waals surface area contributed by atoms with Crippen molar-refractivity contribution in [3.63, 3.8) is 0 Å². The summed E-state index contributed by atoms with van der Waals surface area (Å²) in [6.07, 6.45) is 0. The average molecular weight is 362 g/mol. The van der Waals surface area contributed by atoms with Gasteiger partial charge in [0.15, 0.2) is 17.5 Å². The van der Waals surface area contributed by atoms with Crippen LogP contribution in [0.25, 0.3) is 0 Å². The minimum absolute atomic E-state index is 0.145. The number of rotatable bonds is 7. The van der Waals surface area contributed by atoms with Crippen molar-refractivity contribution in [2.45, 2.75) is 26.9 Å². The lowest BCUT2D eigenvalue weighted by Crippen LogP contribution is -2.36. The number of hydrogen-bond donors (Lipinski definition) is 3. The van der Waals surface area contributed by atoms with Gasteiger partial charge in [0, 0.05) is 18.1 Å². The van der Waals surface area contributed by atoms with Crippen LogP contribution in [0.5, 0.6) is 11.5 Å². The van der Waals surface area contributed by atoms with Crippen molar-refractivity contribution in [3.8, 4) is 11.5 Å². The molecule has 0 atom stereocenters. The molecule has 0 unspecified atom stereocenters. The second-order valence-corrected chi connectivity index (χ2v) is 5.85. The van der Waals surface area contributed by atoms with Crippen LogP contribution in [0.2, 0.25) is 5.02 Å². The van der Waals surface area contributed by atoms with Crippen molar-refractivity contribution in [2.24, 2.45) is 4.99 Å². The average Bonchev–Trinajstić information content (AvgIpc) is 2.60. The van der Waals surface area contributed by atoms with Gasteiger partial charge in [-0.1, -0.05) is 29.8 Å². The zero-order chi connectivity index (χ0) is 18.1. The highest BCUT2D eigenvalue weighted by molar-refractivity contribution is 6.30. The number of benzene rings is 2. The summed E-state index contributed by atoms with van der Waals surface area (Å²) in [5.74, 6) is 1.35. The van der Waals surface area contributed by atoms with E-state index in [1.165, 1.54) is 0 Å². The molecule has 0 radical (unpaired) electrons. The first kappa shape index (κ1) is 18.9. The molecule has 0 aliphatic rings. The van der Waals surface area contributed by atoms with E-state index in [-0.39, 0.29) is 5.75 Å². The molecule has 0 saturated carbocycles. The molecule has 0 fully saturated rings. The van der Waals surface area contributed by atoms with Crippen molar-refractivity contribution in [1.82, 2.24) is 10.6 Å². The van der Waals surface area contributed by atoms with Gasteiger partial charge >= 0.3 is 0 Å². The fourth-order valence-electron chi connectivity index (χ4n) is 2.27. The van der Waals surface area contributed by atoms with Gasteiger partial charge in [-0.25, -0.2) is 4.99 Å². The summed E-state index contributed by atoms with van der Waals surface area (Å²) in [6, 6.07) is 13.0. The molecule has 0 bridgehead atoms. The Balaban J connectivity index is 2.01. The van der Waals surface area contributed by atoms with Crippen molar-refractivity contribution in [1.29, 1.82) is 0 Å². The van der Waals surface area contributed by atoms with E-state index in [0.29, 0.717) is 36.4 Å². The monoisotopic (exact) mass is 361 g/mol. The molecule has 25 heavy (non-hydrogen) atoms. The van der Waals surface area contributed by atoms with Gasteiger partial charge in [-0.3, -0.25) is 0 Å². The molecule has 0 aromatic heterocycles. The van der Waals surface area contributed by atoms with Gasteiger partial charge in [0.05, 0.1) is 13.2 Å². The zero-order valence-corrected chi connectivity index (χ0v) is 15.3. The fourth-order valence-corrected chi connectivity index (χ4v) is 2.49. The molecule has 2 aromatic carbocycles. The number of ether oxygens (including phenoxy) is 1. The fraction of sp³-hybridized carbons (Fsp3) is 0.316. The van der Waals surface area contributed by atoms with E-state index in [1.54, 1.807) is 6.07 Å². The van der Waals surface area contributed by atoms with Crippen molar-refractivity contribution in [3.05, 3.63) is 58.6 Å². The molecule has 0 heterocycles. The van der Waals surface area contributed by atoms with Crippen LogP contribution >= 0.6 is 11.6 Å². The van der Waals surface area contributed by atoms with E-state index in [0.717, 1.165) is 17.7 Å². The first-order valence-corrected chi connectivity index (χ1v) is 8.71. The second-order valence-electron chi connectivity index (χ2n) is 5.41. The second kappa shape index (κ2) is 9.79. The molecule has 2 rings (SSSR count). The highest BCUT2D eigenvalue weighted by Crippen LogP contribution is 2.26. The van der Waals surface area contributed by atoms with E-state index in [4.69, 9.17) is 16.3 Å². The molecule has 0 spiro atoms. The van der Waals surface area contributed by atoms with Crippen LogP contribution in [-0.4, -0.2) is 24.2 Å². The number of phenolic OH excluding ortho intramolecular Hbond substituents is 1. The minimum atomic E-state index is 0.145. The predicted octanol–water partition coefficient (Wildman–Crippen LogP) is 3.70. The highest BCUT2D eigenvalue weighted by Gasteiger charge is 2.05. The van der Waals surface area contributed by atoms with E-state index in [1.807, 2.05) is 50.2 Å². The molecule has 134 valence electrons. The number of halogens is 1. The zero-order valence-electron chi connectivity index (χ0n) is 14.6. The maximum atomic E-state index is 9.77. The van der Waals surface area contributed by atoms with Crippen LogP contribution in [0, 0.1) is 0 Å². The van der Waals surface area contributed by atoms with E-state index in [9.17, 15) is 5.11 Å². The van der Waals surface area contributed by atoms with Crippen molar-refractivity contribution >= 4 is 17.6 Å². The van der Waals surface area contributed by atoms with Gasteiger partial charge in [0.25, 0.3) is 0 Å². The Morgan fingerprint density at radius 3 is 2.68 bits per heavy atom. The standard InChI is InChI=1S/C19H24ClN3O2/c1-3-21-19(22-12-14-6-5-7-16(20)10-14)23-13-15-8-9-17(24)18(11-15)25-4-2/h5-11,24H,3-4,12-13H2,1-2H3,(H2,21,22,23). The molecule has 2 aromatic rings. The Labute approximate surface area is 153 Å². The van der Waals surface area contributed by atoms with Gasteiger partial charge in [0.2, 0.25) is 0 Å². The molecule has 0 saturated heterocycles. The normalized spacial score (nSPS) is 11.2. The molecule has 0 amide bonds. The number of phenols is 1. The summed E-state index contributed by atoms with van der Waals surface area (Å²) in [5.41, 5.74) is 2.04. The van der Waals surface area contributed by atoms with Gasteiger partial charge in [-0.05, 0) is 49.2 Å².